The van der Waals surface area contributed by atoms with Crippen molar-refractivity contribution in [2.45, 2.75) is 50.0 Å². The van der Waals surface area contributed by atoms with E-state index in [1.807, 2.05) is 41.3 Å². The lowest BCUT2D eigenvalue weighted by molar-refractivity contribution is -0.118. The quantitative estimate of drug-likeness (QED) is 0.470. The zero-order valence-electron chi connectivity index (χ0n) is 20.7. The molecular formula is C29H33N3O3S. The van der Waals surface area contributed by atoms with E-state index in [4.69, 9.17) is 0 Å². The molecule has 6 nitrogen and oxygen atoms in total. The maximum absolute atomic E-state index is 12.9. The van der Waals surface area contributed by atoms with E-state index in [-0.39, 0.29) is 16.8 Å². The predicted octanol–water partition coefficient (Wildman–Crippen LogP) is 4.99. The highest BCUT2D eigenvalue weighted by atomic mass is 32.2. The van der Waals surface area contributed by atoms with Crippen LogP contribution < -0.4 is 14.5 Å². The number of sulfonamides is 1. The van der Waals surface area contributed by atoms with Gasteiger partial charge in [0, 0.05) is 43.5 Å². The Labute approximate surface area is 214 Å². The summed E-state index contributed by atoms with van der Waals surface area (Å²) in [6.07, 6.45) is 4.09. The molecular weight excluding hydrogens is 470 g/mol. The maximum atomic E-state index is 12.9. The van der Waals surface area contributed by atoms with Crippen molar-refractivity contribution in [3.63, 3.8) is 0 Å². The number of anilines is 2. The van der Waals surface area contributed by atoms with E-state index in [2.05, 4.69) is 33.9 Å². The van der Waals surface area contributed by atoms with E-state index >= 15 is 0 Å². The molecule has 3 aromatic carbocycles. The molecule has 5 rings (SSSR count). The highest BCUT2D eigenvalue weighted by Gasteiger charge is 2.25. The SMILES string of the molecule is CC(CCC(=O)N1CCc2ccccc21)NS(=O)(=O)c1ccc(-c2ccc(N3CCCC3)cc2)cc1. The minimum Gasteiger partial charge on any atom is -0.372 e. The van der Waals surface area contributed by atoms with Crippen molar-refractivity contribution in [1.82, 2.24) is 4.72 Å². The number of nitrogens with one attached hydrogen (secondary N) is 1. The number of hydrogen-bond donors (Lipinski definition) is 1. The van der Waals surface area contributed by atoms with Gasteiger partial charge in [0.1, 0.15) is 0 Å². The van der Waals surface area contributed by atoms with E-state index in [1.165, 1.54) is 24.1 Å². The molecule has 2 aliphatic heterocycles. The lowest BCUT2D eigenvalue weighted by Crippen LogP contribution is -2.35. The Morgan fingerprint density at radius 3 is 2.22 bits per heavy atom. The van der Waals surface area contributed by atoms with Gasteiger partial charge in [-0.15, -0.1) is 0 Å². The van der Waals surface area contributed by atoms with Crippen LogP contribution >= 0.6 is 0 Å². The Bertz CT molecular complexity index is 1310. The number of hydrogen-bond acceptors (Lipinski definition) is 4. The summed E-state index contributed by atoms with van der Waals surface area (Å²) < 4.78 is 28.6. The van der Waals surface area contributed by atoms with Crippen LogP contribution in [0.4, 0.5) is 11.4 Å². The molecule has 7 heteroatoms. The Balaban J connectivity index is 1.17. The molecule has 1 unspecified atom stereocenters. The Morgan fingerprint density at radius 1 is 0.889 bits per heavy atom. The van der Waals surface area contributed by atoms with Crippen LogP contribution in [0.3, 0.4) is 0 Å². The third-order valence-corrected chi connectivity index (χ3v) is 8.78. The van der Waals surface area contributed by atoms with Gasteiger partial charge in [-0.2, -0.15) is 0 Å². The third-order valence-electron chi connectivity index (χ3n) is 7.17. The van der Waals surface area contributed by atoms with Crippen LogP contribution in [0.2, 0.25) is 0 Å². The average molecular weight is 504 g/mol. The Kier molecular flexibility index (Phi) is 7.12. The number of para-hydroxylation sites is 1. The summed E-state index contributed by atoms with van der Waals surface area (Å²) in [5.41, 5.74) is 5.44. The van der Waals surface area contributed by atoms with Crippen LogP contribution in [-0.2, 0) is 21.2 Å². The molecule has 0 aromatic heterocycles. The lowest BCUT2D eigenvalue weighted by atomic mass is 10.1. The summed E-state index contributed by atoms with van der Waals surface area (Å²) in [5.74, 6) is 0.0334. The van der Waals surface area contributed by atoms with Gasteiger partial charge in [-0.05, 0) is 79.6 Å². The first-order valence-electron chi connectivity index (χ1n) is 12.8. The number of amides is 1. The molecule has 1 fully saturated rings. The van der Waals surface area contributed by atoms with Crippen molar-refractivity contribution in [3.05, 3.63) is 78.4 Å². The molecule has 1 amide bonds. The molecule has 1 N–H and O–H groups in total. The molecule has 3 aromatic rings. The fourth-order valence-corrected chi connectivity index (χ4v) is 6.41. The molecule has 0 saturated carbocycles. The summed E-state index contributed by atoms with van der Waals surface area (Å²) in [6, 6.07) is 23.0. The number of benzene rings is 3. The molecule has 36 heavy (non-hydrogen) atoms. The molecule has 0 bridgehead atoms. The highest BCUT2D eigenvalue weighted by molar-refractivity contribution is 7.89. The molecule has 2 aliphatic rings. The maximum Gasteiger partial charge on any atom is 0.240 e. The fraction of sp³-hybridized carbons (Fsp3) is 0.345. The van der Waals surface area contributed by atoms with Crippen molar-refractivity contribution in [2.24, 2.45) is 0 Å². The third kappa shape index (κ3) is 5.32. The average Bonchev–Trinajstić information content (AvgIpc) is 3.58. The molecule has 0 aliphatic carbocycles. The van der Waals surface area contributed by atoms with Gasteiger partial charge in [0.05, 0.1) is 4.90 Å². The van der Waals surface area contributed by atoms with Crippen LogP contribution in [0.1, 0.15) is 38.2 Å². The molecule has 1 saturated heterocycles. The molecule has 2 heterocycles. The zero-order chi connectivity index (χ0) is 25.1. The lowest BCUT2D eigenvalue weighted by Gasteiger charge is -2.19. The van der Waals surface area contributed by atoms with Gasteiger partial charge in [0.15, 0.2) is 0 Å². The van der Waals surface area contributed by atoms with Crippen molar-refractivity contribution >= 4 is 27.3 Å². The number of carbonyl (C=O) groups is 1. The smallest absolute Gasteiger partial charge is 0.240 e. The summed E-state index contributed by atoms with van der Waals surface area (Å²) in [4.78, 5) is 17.2. The number of nitrogens with zero attached hydrogens (tertiary/aromatic N) is 2. The van der Waals surface area contributed by atoms with Crippen LogP contribution in [0.5, 0.6) is 0 Å². The van der Waals surface area contributed by atoms with Crippen LogP contribution in [0.25, 0.3) is 11.1 Å². The van der Waals surface area contributed by atoms with E-state index < -0.39 is 10.0 Å². The molecule has 0 spiro atoms. The summed E-state index contributed by atoms with van der Waals surface area (Å²) in [5, 5.41) is 0. The van der Waals surface area contributed by atoms with Gasteiger partial charge >= 0.3 is 0 Å². The monoisotopic (exact) mass is 503 g/mol. The second kappa shape index (κ2) is 10.4. The van der Waals surface area contributed by atoms with Crippen molar-refractivity contribution in [1.29, 1.82) is 0 Å². The van der Waals surface area contributed by atoms with Gasteiger partial charge in [-0.25, -0.2) is 13.1 Å². The molecule has 0 radical (unpaired) electrons. The first-order chi connectivity index (χ1) is 17.4. The number of carbonyl (C=O) groups excluding carboxylic acids is 1. The molecule has 188 valence electrons. The van der Waals surface area contributed by atoms with Gasteiger partial charge in [0.2, 0.25) is 15.9 Å². The van der Waals surface area contributed by atoms with Crippen molar-refractivity contribution < 1.29 is 13.2 Å². The van der Waals surface area contributed by atoms with Gasteiger partial charge in [0.25, 0.3) is 0 Å². The Morgan fingerprint density at radius 2 is 1.53 bits per heavy atom. The van der Waals surface area contributed by atoms with Gasteiger partial charge in [-0.1, -0.05) is 42.5 Å². The normalized spacial score (nSPS) is 16.2. The molecule has 1 atom stereocenters. The summed E-state index contributed by atoms with van der Waals surface area (Å²) in [7, 11) is -3.67. The van der Waals surface area contributed by atoms with Crippen LogP contribution in [0.15, 0.2) is 77.7 Å². The first-order valence-corrected chi connectivity index (χ1v) is 14.2. The fourth-order valence-electron chi connectivity index (χ4n) is 5.13. The summed E-state index contributed by atoms with van der Waals surface area (Å²) >= 11 is 0. The van der Waals surface area contributed by atoms with Gasteiger partial charge < -0.3 is 9.80 Å². The minimum atomic E-state index is -3.67. The predicted molar refractivity (Wildman–Crippen MR) is 145 cm³/mol. The number of rotatable bonds is 8. The first kappa shape index (κ1) is 24.5. The minimum absolute atomic E-state index is 0.0334. The standard InChI is InChI=1S/C29H33N3O3S/c1-22(8-17-29(33)32-21-18-25-6-2-3-7-28(25)32)30-36(34,35)27-15-11-24(12-16-27)23-9-13-26(14-10-23)31-19-4-5-20-31/h2-3,6-7,9-16,22,30H,4-5,8,17-21H2,1H3. The zero-order valence-corrected chi connectivity index (χ0v) is 21.5. The second-order valence-electron chi connectivity index (χ2n) is 9.75. The topological polar surface area (TPSA) is 69.7 Å². The highest BCUT2D eigenvalue weighted by Crippen LogP contribution is 2.29. The largest absolute Gasteiger partial charge is 0.372 e. The summed E-state index contributed by atoms with van der Waals surface area (Å²) in [6.45, 7) is 4.71. The Hall–Kier alpha value is -3.16. The van der Waals surface area contributed by atoms with E-state index in [0.29, 0.717) is 19.4 Å². The van der Waals surface area contributed by atoms with Crippen molar-refractivity contribution in [2.75, 3.05) is 29.4 Å². The van der Waals surface area contributed by atoms with E-state index in [0.717, 1.165) is 36.3 Å². The second-order valence-corrected chi connectivity index (χ2v) is 11.5. The van der Waals surface area contributed by atoms with Crippen LogP contribution in [0, 0.1) is 0 Å². The van der Waals surface area contributed by atoms with Crippen molar-refractivity contribution in [3.8, 4) is 11.1 Å². The van der Waals surface area contributed by atoms with E-state index in [9.17, 15) is 13.2 Å². The van der Waals surface area contributed by atoms with E-state index in [1.54, 1.807) is 19.1 Å². The number of fused-ring (bicyclic) bond motifs is 1. The van der Waals surface area contributed by atoms with Crippen LogP contribution in [-0.4, -0.2) is 40.0 Å². The van der Waals surface area contributed by atoms with Gasteiger partial charge in [-0.3, -0.25) is 4.79 Å².